The van der Waals surface area contributed by atoms with E-state index >= 15 is 0 Å². The third-order valence-corrected chi connectivity index (χ3v) is 7.41. The van der Waals surface area contributed by atoms with Gasteiger partial charge in [-0.05, 0) is 68.4 Å². The number of sulfone groups is 1. The van der Waals surface area contributed by atoms with E-state index in [0.717, 1.165) is 11.5 Å². The highest BCUT2D eigenvalue weighted by Crippen LogP contribution is 2.33. The van der Waals surface area contributed by atoms with Crippen LogP contribution in [-0.4, -0.2) is 44.4 Å². The largest absolute Gasteiger partial charge is 0.481 e. The molecule has 0 aromatic heterocycles. The summed E-state index contributed by atoms with van der Waals surface area (Å²) in [5.74, 6) is 6.90. The number of ether oxygens (including phenoxy) is 2. The Kier molecular flexibility index (Phi) is 7.85. The van der Waals surface area contributed by atoms with Crippen LogP contribution in [-0.2, 0) is 19.4 Å². The van der Waals surface area contributed by atoms with Gasteiger partial charge in [-0.3, -0.25) is 4.79 Å². The smallest absolute Gasteiger partial charge is 0.324 e. The lowest BCUT2D eigenvalue weighted by Gasteiger charge is -2.28. The molecule has 1 unspecified atom stereocenters. The number of carbonyl (C=O) groups is 1. The second-order valence-electron chi connectivity index (χ2n) is 5.85. The normalized spacial score (nSPS) is 16.2. The van der Waals surface area contributed by atoms with Crippen LogP contribution in [0.25, 0.3) is 0 Å². The first-order valence-corrected chi connectivity index (χ1v) is 11.3. The van der Waals surface area contributed by atoms with Gasteiger partial charge in [-0.25, -0.2) is 8.42 Å². The van der Waals surface area contributed by atoms with Crippen molar-refractivity contribution in [2.24, 2.45) is 5.92 Å². The van der Waals surface area contributed by atoms with Gasteiger partial charge < -0.3 is 9.47 Å². The van der Waals surface area contributed by atoms with Crippen molar-refractivity contribution < 1.29 is 22.7 Å². The fourth-order valence-electron chi connectivity index (χ4n) is 2.88. The molecular weight excluding hydrogens is 372 g/mol. The van der Waals surface area contributed by atoms with Gasteiger partial charge in [0, 0.05) is 0 Å². The average molecular weight is 397 g/mol. The summed E-state index contributed by atoms with van der Waals surface area (Å²) in [6.07, 6.45) is 1.40. The highest BCUT2D eigenvalue weighted by Gasteiger charge is 2.42. The summed E-state index contributed by atoms with van der Waals surface area (Å²) in [6.45, 7) is 3.81. The topological polar surface area (TPSA) is 69.7 Å². The molecule has 1 aliphatic heterocycles. The summed E-state index contributed by atoms with van der Waals surface area (Å²) in [5, 5.41) is -1.15. The van der Waals surface area contributed by atoms with E-state index in [4.69, 9.17) is 9.47 Å². The minimum Gasteiger partial charge on any atom is -0.481 e. The van der Waals surface area contributed by atoms with Crippen molar-refractivity contribution in [3.8, 4) is 17.6 Å². The Balaban J connectivity index is 2.26. The van der Waals surface area contributed by atoms with Gasteiger partial charge in [-0.15, -0.1) is 5.92 Å². The van der Waals surface area contributed by atoms with Crippen LogP contribution >= 0.6 is 11.8 Å². The standard InChI is InChI=1S/C19H24O5S2/c1-3-5-12-24-16-6-8-17(9-7-16)26(21,22)18(19(20)23-4-2)15-10-13-25-14-11-15/h6-9,15,18H,4,10-14H2,1-2H3. The highest BCUT2D eigenvalue weighted by molar-refractivity contribution is 7.99. The van der Waals surface area contributed by atoms with Gasteiger partial charge >= 0.3 is 5.97 Å². The average Bonchev–Trinajstić information content (AvgIpc) is 2.63. The molecule has 1 saturated heterocycles. The number of rotatable bonds is 7. The summed E-state index contributed by atoms with van der Waals surface area (Å²) in [4.78, 5) is 12.6. The number of hydrogen-bond acceptors (Lipinski definition) is 6. The summed E-state index contributed by atoms with van der Waals surface area (Å²) < 4.78 is 36.8. The lowest BCUT2D eigenvalue weighted by molar-refractivity contribution is -0.143. The van der Waals surface area contributed by atoms with Crippen molar-refractivity contribution in [3.05, 3.63) is 24.3 Å². The van der Waals surface area contributed by atoms with Crippen molar-refractivity contribution in [1.82, 2.24) is 0 Å². The summed E-state index contributed by atoms with van der Waals surface area (Å²) in [6, 6.07) is 6.13. The van der Waals surface area contributed by atoms with Crippen molar-refractivity contribution in [2.75, 3.05) is 24.7 Å². The first-order chi connectivity index (χ1) is 12.5. The van der Waals surface area contributed by atoms with Gasteiger partial charge in [0.1, 0.15) is 12.4 Å². The first-order valence-electron chi connectivity index (χ1n) is 8.61. The molecule has 0 spiro atoms. The second kappa shape index (κ2) is 9.89. The fraction of sp³-hybridized carbons (Fsp3) is 0.526. The lowest BCUT2D eigenvalue weighted by atomic mass is 9.98. The molecule has 1 aromatic carbocycles. The Hall–Kier alpha value is -1.65. The molecule has 2 rings (SSSR count). The summed E-state index contributed by atoms with van der Waals surface area (Å²) in [7, 11) is -3.83. The van der Waals surface area contributed by atoms with Crippen LogP contribution in [0.3, 0.4) is 0 Å². The minimum absolute atomic E-state index is 0.114. The molecule has 0 saturated carbocycles. The highest BCUT2D eigenvalue weighted by atomic mass is 32.2. The van der Waals surface area contributed by atoms with E-state index in [9.17, 15) is 13.2 Å². The van der Waals surface area contributed by atoms with E-state index in [1.165, 1.54) is 12.1 Å². The quantitative estimate of drug-likeness (QED) is 0.521. The van der Waals surface area contributed by atoms with E-state index < -0.39 is 21.1 Å². The Labute approximate surface area is 159 Å². The Morgan fingerprint density at radius 2 is 1.92 bits per heavy atom. The van der Waals surface area contributed by atoms with Crippen LogP contribution in [0, 0.1) is 17.8 Å². The van der Waals surface area contributed by atoms with Crippen LogP contribution in [0.15, 0.2) is 29.2 Å². The van der Waals surface area contributed by atoms with Gasteiger partial charge in [0.05, 0.1) is 11.5 Å². The molecule has 1 heterocycles. The lowest BCUT2D eigenvalue weighted by Crippen LogP contribution is -2.40. The molecule has 1 aromatic rings. The van der Waals surface area contributed by atoms with Crippen molar-refractivity contribution in [1.29, 1.82) is 0 Å². The molecule has 0 bridgehead atoms. The van der Waals surface area contributed by atoms with Crippen LogP contribution in [0.2, 0.25) is 0 Å². The molecule has 7 heteroatoms. The third-order valence-electron chi connectivity index (χ3n) is 4.19. The molecule has 1 fully saturated rings. The van der Waals surface area contributed by atoms with E-state index in [2.05, 4.69) is 11.8 Å². The molecule has 5 nitrogen and oxygen atoms in total. The minimum atomic E-state index is -3.83. The zero-order valence-corrected chi connectivity index (χ0v) is 16.7. The van der Waals surface area contributed by atoms with E-state index in [1.54, 1.807) is 37.7 Å². The summed E-state index contributed by atoms with van der Waals surface area (Å²) >= 11 is 1.78. The summed E-state index contributed by atoms with van der Waals surface area (Å²) in [5.41, 5.74) is 0. The molecule has 0 N–H and O–H groups in total. The Morgan fingerprint density at radius 3 is 2.50 bits per heavy atom. The predicted octanol–water partition coefficient (Wildman–Crippen LogP) is 2.94. The zero-order chi connectivity index (χ0) is 19.0. The number of benzene rings is 1. The Bertz CT molecular complexity index is 753. The van der Waals surface area contributed by atoms with E-state index in [1.807, 2.05) is 0 Å². The predicted molar refractivity (Wildman–Crippen MR) is 103 cm³/mol. The van der Waals surface area contributed by atoms with Crippen molar-refractivity contribution in [2.45, 2.75) is 36.8 Å². The van der Waals surface area contributed by atoms with Crippen LogP contribution in [0.4, 0.5) is 0 Å². The van der Waals surface area contributed by atoms with Gasteiger partial charge in [-0.2, -0.15) is 11.8 Å². The van der Waals surface area contributed by atoms with Gasteiger partial charge in [0.25, 0.3) is 0 Å². The molecule has 0 aliphatic carbocycles. The van der Waals surface area contributed by atoms with Crippen molar-refractivity contribution >= 4 is 27.6 Å². The number of esters is 1. The molecule has 1 atom stereocenters. The zero-order valence-electron chi connectivity index (χ0n) is 15.1. The molecule has 0 amide bonds. The van der Waals surface area contributed by atoms with Gasteiger partial charge in [0.15, 0.2) is 15.1 Å². The van der Waals surface area contributed by atoms with Crippen LogP contribution in [0.1, 0.15) is 26.7 Å². The molecule has 0 radical (unpaired) electrons. The van der Waals surface area contributed by atoms with E-state index in [0.29, 0.717) is 18.6 Å². The van der Waals surface area contributed by atoms with Crippen LogP contribution in [0.5, 0.6) is 5.75 Å². The number of thioether (sulfide) groups is 1. The fourth-order valence-corrected chi connectivity index (χ4v) is 5.93. The monoisotopic (exact) mass is 396 g/mol. The number of hydrogen-bond donors (Lipinski definition) is 0. The number of carbonyl (C=O) groups excluding carboxylic acids is 1. The Morgan fingerprint density at radius 1 is 1.27 bits per heavy atom. The molecule has 142 valence electrons. The third kappa shape index (κ3) is 5.18. The maximum absolute atomic E-state index is 13.1. The van der Waals surface area contributed by atoms with Gasteiger partial charge in [-0.1, -0.05) is 5.92 Å². The second-order valence-corrected chi connectivity index (χ2v) is 9.15. The van der Waals surface area contributed by atoms with Gasteiger partial charge in [0.2, 0.25) is 0 Å². The maximum Gasteiger partial charge on any atom is 0.324 e. The van der Waals surface area contributed by atoms with Crippen LogP contribution < -0.4 is 4.74 Å². The van der Waals surface area contributed by atoms with Crippen molar-refractivity contribution in [3.63, 3.8) is 0 Å². The SMILES string of the molecule is CC#CCOc1ccc(S(=O)(=O)C(C(=O)OCC)C2CCSCC2)cc1. The van der Waals surface area contributed by atoms with E-state index in [-0.39, 0.29) is 24.0 Å². The molecule has 1 aliphatic rings. The molecular formula is C19H24O5S2. The maximum atomic E-state index is 13.1. The first kappa shape index (κ1) is 20.7. The molecule has 26 heavy (non-hydrogen) atoms.